The van der Waals surface area contributed by atoms with Crippen LogP contribution in [0.4, 0.5) is 0 Å². The Balaban J connectivity index is 0. The number of hydrogen-bond acceptors (Lipinski definition) is 0. The Morgan fingerprint density at radius 1 is 1.75 bits per heavy atom. The Bertz CT molecular complexity index is 8.00. The van der Waals surface area contributed by atoms with Crippen molar-refractivity contribution in [3.8, 4) is 0 Å². The number of hydrogen-bond donors (Lipinski definition) is 0. The molecule has 0 radical (unpaired) electrons. The largest absolute Gasteiger partial charge is 0.316 e. The quantitative estimate of drug-likeness (QED) is 0.311. The molecule has 0 rings (SSSR count). The van der Waals surface area contributed by atoms with Gasteiger partial charge in [0, 0.05) is 0 Å². The molecule has 0 aromatic heterocycles. The van der Waals surface area contributed by atoms with Crippen molar-refractivity contribution in [1.82, 2.24) is 0 Å². The van der Waals surface area contributed by atoms with E-state index in [0.717, 1.165) is 0 Å². The van der Waals surface area contributed by atoms with E-state index in [1.54, 1.807) is 8.47 Å². The van der Waals surface area contributed by atoms with Crippen molar-refractivity contribution in [1.29, 1.82) is 0 Å². The van der Waals surface area contributed by atoms with Crippen molar-refractivity contribution < 1.29 is 16.2 Å². The molecule has 0 N–H and O–H groups in total. The minimum atomic E-state index is 0. The van der Waals surface area contributed by atoms with Crippen LogP contribution >= 0.6 is 0 Å². The predicted molar refractivity (Wildman–Crippen MR) is 27.0 cm³/mol. The van der Waals surface area contributed by atoms with Crippen molar-refractivity contribution >= 4 is 37.9 Å². The first-order chi connectivity index (χ1) is 1.41. The van der Waals surface area contributed by atoms with Crippen LogP contribution in [0.25, 0.3) is 0 Å². The van der Waals surface area contributed by atoms with Gasteiger partial charge in [0.05, 0.1) is 0 Å². The molecular formula is H7BMgSiZn. The zero-order valence-corrected chi connectivity index (χ0v) is 7.67. The van der Waals surface area contributed by atoms with E-state index in [1.165, 1.54) is 0 Å². The van der Waals surface area contributed by atoms with Crippen LogP contribution in [0.5, 0.6) is 0 Å². The second-order valence-corrected chi connectivity index (χ2v) is 11.0. The van der Waals surface area contributed by atoms with Crippen LogP contribution in [0.2, 0.25) is 0 Å². The first kappa shape index (κ1) is 9.18. The summed E-state index contributed by atoms with van der Waals surface area (Å²) in [6.07, 6.45) is 2.37. The van der Waals surface area contributed by atoms with Crippen molar-refractivity contribution in [3.05, 3.63) is 0 Å². The second kappa shape index (κ2) is 8.82. The van der Waals surface area contributed by atoms with Crippen LogP contribution in [0.1, 0.15) is 0 Å². The first-order valence-electron chi connectivity index (χ1n) is 1.41. The minimum absolute atomic E-state index is 0. The zero-order chi connectivity index (χ0) is 2.71. The van der Waals surface area contributed by atoms with Gasteiger partial charge >= 0.3 is 54.1 Å². The molecule has 0 spiro atoms. The molecule has 0 aromatic carbocycles. The molecule has 0 fully saturated rings. The maximum Gasteiger partial charge on any atom is 0.316 e. The summed E-state index contributed by atoms with van der Waals surface area (Å²) in [5.74, 6) is 0. The van der Waals surface area contributed by atoms with Crippen LogP contribution in [-0.4, -0.2) is 37.9 Å². The van der Waals surface area contributed by atoms with Crippen LogP contribution in [-0.2, 0) is 16.2 Å². The van der Waals surface area contributed by atoms with Crippen LogP contribution in [0.15, 0.2) is 0 Å². The van der Waals surface area contributed by atoms with E-state index in [2.05, 4.69) is 6.33 Å². The van der Waals surface area contributed by atoms with E-state index in [9.17, 15) is 0 Å². The Morgan fingerprint density at radius 3 is 1.75 bits per heavy atom. The molecule has 0 unspecified atom stereocenters. The third-order valence-corrected chi connectivity index (χ3v) is 0. The molecule has 0 amide bonds. The maximum absolute atomic E-state index is 2.37. The van der Waals surface area contributed by atoms with Gasteiger partial charge in [-0.2, -0.15) is 0 Å². The summed E-state index contributed by atoms with van der Waals surface area (Å²) in [6.45, 7) is 0. The Hall–Kier alpha value is 1.67. The summed E-state index contributed by atoms with van der Waals surface area (Å²) >= 11 is 0.264. The molecule has 18 valence electrons. The van der Waals surface area contributed by atoms with Crippen LogP contribution in [0.3, 0.4) is 0 Å². The summed E-state index contributed by atoms with van der Waals surface area (Å²) in [5, 5.41) is 0. The van der Waals surface area contributed by atoms with Crippen molar-refractivity contribution in [2.75, 3.05) is 0 Å². The molecule has 0 aliphatic rings. The van der Waals surface area contributed by atoms with Gasteiger partial charge in [-0.05, 0) is 0 Å². The van der Waals surface area contributed by atoms with Gasteiger partial charge in [0.15, 0.2) is 0 Å². The molecule has 4 heavy (non-hydrogen) atoms. The SMILES string of the molecule is [BH2][Zn][SiH3].[MgH2]. The van der Waals surface area contributed by atoms with Gasteiger partial charge < -0.3 is 0 Å². The third kappa shape index (κ3) is 9.38. The van der Waals surface area contributed by atoms with Gasteiger partial charge in [-0.3, -0.25) is 0 Å². The van der Waals surface area contributed by atoms with E-state index < -0.39 is 0 Å². The average molecular weight is 136 g/mol. The smallest absolute Gasteiger partial charge is 0.316 e. The van der Waals surface area contributed by atoms with Gasteiger partial charge in [0.2, 0.25) is 0 Å². The Kier molecular flexibility index (Phi) is 20.3. The topological polar surface area (TPSA) is 0 Å². The molecule has 0 saturated carbocycles. The fraction of sp³-hybridized carbons (Fsp3) is 0. The normalized spacial score (nSPS) is 3.00. The van der Waals surface area contributed by atoms with E-state index in [0.29, 0.717) is 0 Å². The zero-order valence-electron chi connectivity index (χ0n) is 2.71. The van der Waals surface area contributed by atoms with Gasteiger partial charge in [-0.1, -0.05) is 0 Å². The molecule has 0 saturated heterocycles. The summed E-state index contributed by atoms with van der Waals surface area (Å²) in [5.41, 5.74) is 0. The Morgan fingerprint density at radius 2 is 1.75 bits per heavy atom. The van der Waals surface area contributed by atoms with E-state index in [-0.39, 0.29) is 39.3 Å². The van der Waals surface area contributed by atoms with Gasteiger partial charge in [-0.15, -0.1) is 0 Å². The average Bonchev–Trinajstić information content (AvgIpc) is 0.918. The summed E-state index contributed by atoms with van der Waals surface area (Å²) in [4.78, 5) is 0. The molecule has 0 aliphatic carbocycles. The molecular weight excluding hydrogens is 129 g/mol. The summed E-state index contributed by atoms with van der Waals surface area (Å²) in [7, 11) is 1.56. The maximum atomic E-state index is 2.37. The third-order valence-electron chi connectivity index (χ3n) is 0. The van der Waals surface area contributed by atoms with Crippen molar-refractivity contribution in [3.63, 3.8) is 0 Å². The minimum Gasteiger partial charge on any atom is 0.316 e. The summed E-state index contributed by atoms with van der Waals surface area (Å²) < 4.78 is 0. The monoisotopic (exact) mass is 134 g/mol. The first-order valence-corrected chi connectivity index (χ1v) is 14.7. The van der Waals surface area contributed by atoms with Crippen LogP contribution < -0.4 is 0 Å². The van der Waals surface area contributed by atoms with Gasteiger partial charge in [0.25, 0.3) is 0 Å². The fourth-order valence-electron chi connectivity index (χ4n) is 0. The van der Waals surface area contributed by atoms with Crippen LogP contribution in [0, 0.1) is 0 Å². The molecule has 0 aliphatic heterocycles. The molecule has 0 nitrogen and oxygen atoms in total. The molecule has 0 aromatic rings. The van der Waals surface area contributed by atoms with Gasteiger partial charge in [-0.25, -0.2) is 0 Å². The standard InChI is InChI=1S/BH2.Mg.H3Si.Zn.2H/h1H2;;1H3;;;/q+1;;;-1;;. The van der Waals surface area contributed by atoms with E-state index in [4.69, 9.17) is 0 Å². The second-order valence-electron chi connectivity index (χ2n) is 0.707. The molecule has 0 bridgehead atoms. The molecule has 0 atom stereocenters. The Labute approximate surface area is 53.8 Å². The van der Waals surface area contributed by atoms with Gasteiger partial charge in [0.1, 0.15) is 0 Å². The molecule has 4 heteroatoms. The van der Waals surface area contributed by atoms with Crippen molar-refractivity contribution in [2.24, 2.45) is 0 Å². The fourth-order valence-corrected chi connectivity index (χ4v) is 0. The van der Waals surface area contributed by atoms with Crippen molar-refractivity contribution in [2.45, 2.75) is 0 Å². The van der Waals surface area contributed by atoms with E-state index >= 15 is 0 Å². The summed E-state index contributed by atoms with van der Waals surface area (Å²) in [6, 6.07) is 0. The number of rotatable bonds is 0. The molecule has 0 heterocycles. The predicted octanol–water partition coefficient (Wildman–Crippen LogP) is -3.02. The van der Waals surface area contributed by atoms with E-state index in [1.807, 2.05) is 0 Å².